The first-order valence-corrected chi connectivity index (χ1v) is 12.0. The van der Waals surface area contributed by atoms with Gasteiger partial charge >= 0.3 is 0 Å². The van der Waals surface area contributed by atoms with E-state index in [2.05, 4.69) is 10.2 Å². The summed E-state index contributed by atoms with van der Waals surface area (Å²) in [7, 11) is 1.58. The van der Waals surface area contributed by atoms with Crippen molar-refractivity contribution in [2.45, 2.75) is 38.3 Å². The van der Waals surface area contributed by atoms with Crippen molar-refractivity contribution in [2.24, 2.45) is 5.92 Å². The SMILES string of the molecule is COC[C@H]1CN([C@@H](C)C2CC2)C(=O)c2c(O)c(=O)c(-c3nnc(Cc4ccc(F)cc4)s3)cn21. The van der Waals surface area contributed by atoms with E-state index in [-0.39, 0.29) is 35.1 Å². The Morgan fingerprint density at radius 2 is 1.97 bits per heavy atom. The molecule has 1 saturated carbocycles. The molecule has 1 N–H and O–H groups in total. The summed E-state index contributed by atoms with van der Waals surface area (Å²) in [4.78, 5) is 28.2. The molecule has 8 nitrogen and oxygen atoms in total. The second-order valence-corrected chi connectivity index (χ2v) is 9.99. The number of pyridine rings is 1. The highest BCUT2D eigenvalue weighted by Gasteiger charge is 2.41. The third-order valence-corrected chi connectivity index (χ3v) is 7.55. The van der Waals surface area contributed by atoms with E-state index in [1.54, 1.807) is 34.9 Å². The van der Waals surface area contributed by atoms with Crippen LogP contribution < -0.4 is 5.43 Å². The zero-order valence-corrected chi connectivity index (χ0v) is 19.7. The second kappa shape index (κ2) is 8.92. The van der Waals surface area contributed by atoms with Gasteiger partial charge in [0.1, 0.15) is 10.8 Å². The Kier molecular flexibility index (Phi) is 5.95. The summed E-state index contributed by atoms with van der Waals surface area (Å²) in [6, 6.07) is 5.89. The lowest BCUT2D eigenvalue weighted by Crippen LogP contribution is -2.50. The number of hydrogen-bond donors (Lipinski definition) is 1. The quantitative estimate of drug-likeness (QED) is 0.553. The monoisotopic (exact) mass is 484 g/mol. The number of aromatic hydroxyl groups is 1. The third-order valence-electron chi connectivity index (χ3n) is 6.60. The highest BCUT2D eigenvalue weighted by atomic mass is 32.1. The number of halogens is 1. The highest BCUT2D eigenvalue weighted by molar-refractivity contribution is 7.14. The number of ether oxygens (including phenoxy) is 1. The molecule has 0 saturated heterocycles. The van der Waals surface area contributed by atoms with Gasteiger partial charge in [0, 0.05) is 32.3 Å². The van der Waals surface area contributed by atoms with Crippen molar-refractivity contribution in [1.29, 1.82) is 0 Å². The molecule has 0 unspecified atom stereocenters. The van der Waals surface area contributed by atoms with Gasteiger partial charge in [0.05, 0.1) is 18.2 Å². The number of amides is 1. The zero-order chi connectivity index (χ0) is 24.0. The average molecular weight is 485 g/mol. The number of aromatic nitrogens is 3. The van der Waals surface area contributed by atoms with E-state index in [4.69, 9.17) is 4.74 Å². The predicted molar refractivity (Wildman–Crippen MR) is 125 cm³/mol. The molecule has 1 amide bonds. The molecule has 1 aliphatic heterocycles. The molecule has 2 aliphatic rings. The fraction of sp³-hybridized carbons (Fsp3) is 0.417. The minimum atomic E-state index is -0.652. The average Bonchev–Trinajstić information content (AvgIpc) is 3.58. The summed E-state index contributed by atoms with van der Waals surface area (Å²) < 4.78 is 20.2. The number of nitrogens with zero attached hydrogens (tertiary/aromatic N) is 4. The van der Waals surface area contributed by atoms with Crippen LogP contribution in [0.5, 0.6) is 5.75 Å². The van der Waals surface area contributed by atoms with Crippen molar-refractivity contribution in [1.82, 2.24) is 19.7 Å². The molecule has 3 heterocycles. The Balaban J connectivity index is 1.51. The largest absolute Gasteiger partial charge is 0.503 e. The number of carbonyl (C=O) groups excluding carboxylic acids is 1. The van der Waals surface area contributed by atoms with Crippen molar-refractivity contribution in [3.63, 3.8) is 0 Å². The number of methoxy groups -OCH3 is 1. The molecule has 2 aromatic heterocycles. The number of benzene rings is 1. The van der Waals surface area contributed by atoms with Crippen LogP contribution in [0.2, 0.25) is 0 Å². The summed E-state index contributed by atoms with van der Waals surface area (Å²) in [5, 5.41) is 20.2. The van der Waals surface area contributed by atoms with Crippen molar-refractivity contribution in [2.75, 3.05) is 20.3 Å². The Bertz CT molecular complexity index is 1290. The topological polar surface area (TPSA) is 97.6 Å². The minimum absolute atomic E-state index is 0.00870. The summed E-state index contributed by atoms with van der Waals surface area (Å²) in [5.41, 5.74) is 0.387. The smallest absolute Gasteiger partial charge is 0.274 e. The molecule has 1 aliphatic carbocycles. The number of fused-ring (bicyclic) bond motifs is 1. The Labute approximate surface area is 199 Å². The molecular weight excluding hydrogens is 459 g/mol. The van der Waals surface area contributed by atoms with Crippen LogP contribution in [0.3, 0.4) is 0 Å². The van der Waals surface area contributed by atoms with Gasteiger partial charge in [-0.1, -0.05) is 23.5 Å². The van der Waals surface area contributed by atoms with E-state index < -0.39 is 11.2 Å². The summed E-state index contributed by atoms with van der Waals surface area (Å²) in [6.45, 7) is 2.77. The highest BCUT2D eigenvalue weighted by Crippen LogP contribution is 2.38. The Morgan fingerprint density at radius 3 is 2.65 bits per heavy atom. The van der Waals surface area contributed by atoms with Crippen LogP contribution in [0.4, 0.5) is 4.39 Å². The minimum Gasteiger partial charge on any atom is -0.503 e. The van der Waals surface area contributed by atoms with Crippen LogP contribution in [0, 0.1) is 11.7 Å². The summed E-state index contributed by atoms with van der Waals surface area (Å²) >= 11 is 1.22. The van der Waals surface area contributed by atoms with Gasteiger partial charge in [0.2, 0.25) is 5.43 Å². The maximum absolute atomic E-state index is 13.3. The first-order valence-electron chi connectivity index (χ1n) is 11.2. The fourth-order valence-corrected chi connectivity index (χ4v) is 5.41. The van der Waals surface area contributed by atoms with Gasteiger partial charge in [0.15, 0.2) is 16.5 Å². The standard InChI is InChI=1S/C24H25FN4O4S/c1-13(15-5-6-15)28-10-17(12-33-2)29-11-18(21(30)22(31)20(29)24(28)32)23-27-26-19(34-23)9-14-3-7-16(25)8-4-14/h3-4,7-8,11,13,15,17,31H,5-6,9-10,12H2,1-2H3/t13-,17+/m0/s1. The van der Waals surface area contributed by atoms with Gasteiger partial charge < -0.3 is 19.3 Å². The number of hydrogen-bond acceptors (Lipinski definition) is 7. The van der Waals surface area contributed by atoms with E-state index in [0.29, 0.717) is 35.5 Å². The summed E-state index contributed by atoms with van der Waals surface area (Å²) in [5.74, 6) is -0.786. The molecule has 34 heavy (non-hydrogen) atoms. The van der Waals surface area contributed by atoms with Gasteiger partial charge in [-0.2, -0.15) is 0 Å². The van der Waals surface area contributed by atoms with E-state index in [9.17, 15) is 19.1 Å². The molecule has 3 aromatic rings. The predicted octanol–water partition coefficient (Wildman–Crippen LogP) is 3.24. The molecule has 0 radical (unpaired) electrons. The van der Waals surface area contributed by atoms with E-state index in [0.717, 1.165) is 18.4 Å². The van der Waals surface area contributed by atoms with Gasteiger partial charge in [-0.3, -0.25) is 9.59 Å². The maximum atomic E-state index is 13.3. The van der Waals surface area contributed by atoms with Gasteiger partial charge in [-0.25, -0.2) is 4.39 Å². The molecule has 5 rings (SSSR count). The second-order valence-electron chi connectivity index (χ2n) is 8.93. The lowest BCUT2D eigenvalue weighted by Gasteiger charge is -2.39. The van der Waals surface area contributed by atoms with Crippen molar-refractivity contribution < 1.29 is 19.0 Å². The van der Waals surface area contributed by atoms with E-state index in [1.807, 2.05) is 6.92 Å². The first kappa shape index (κ1) is 22.7. The lowest BCUT2D eigenvalue weighted by molar-refractivity contribution is 0.0468. The van der Waals surface area contributed by atoms with Crippen molar-refractivity contribution in [3.05, 3.63) is 62.8 Å². The Hall–Kier alpha value is -3.11. The number of rotatable bonds is 7. The van der Waals surface area contributed by atoms with Gasteiger partial charge in [-0.15, -0.1) is 10.2 Å². The van der Waals surface area contributed by atoms with Crippen LogP contribution in [0.25, 0.3) is 10.6 Å². The van der Waals surface area contributed by atoms with Crippen LogP contribution in [-0.2, 0) is 11.2 Å². The zero-order valence-electron chi connectivity index (χ0n) is 18.9. The van der Waals surface area contributed by atoms with E-state index in [1.165, 1.54) is 23.5 Å². The Morgan fingerprint density at radius 1 is 1.24 bits per heavy atom. The van der Waals surface area contributed by atoms with E-state index >= 15 is 0 Å². The van der Waals surface area contributed by atoms with Crippen molar-refractivity contribution >= 4 is 17.2 Å². The van der Waals surface area contributed by atoms with Crippen molar-refractivity contribution in [3.8, 4) is 16.3 Å². The van der Waals surface area contributed by atoms with Crippen LogP contribution in [0.1, 0.15) is 46.9 Å². The molecular formula is C24H25FN4O4S. The van der Waals surface area contributed by atoms with Crippen LogP contribution in [-0.4, -0.2) is 57.0 Å². The first-order chi connectivity index (χ1) is 16.4. The van der Waals surface area contributed by atoms with Crippen LogP contribution >= 0.6 is 11.3 Å². The third kappa shape index (κ3) is 4.12. The van der Waals surface area contributed by atoms with Crippen LogP contribution in [0.15, 0.2) is 35.3 Å². The van der Waals surface area contributed by atoms with Gasteiger partial charge in [-0.05, 0) is 43.4 Å². The maximum Gasteiger partial charge on any atom is 0.274 e. The normalized spacial score (nSPS) is 18.7. The molecule has 10 heteroatoms. The lowest BCUT2D eigenvalue weighted by atomic mass is 10.0. The molecule has 1 aromatic carbocycles. The molecule has 0 bridgehead atoms. The number of carbonyl (C=O) groups is 1. The molecule has 2 atom stereocenters. The molecule has 0 spiro atoms. The molecule has 1 fully saturated rings. The summed E-state index contributed by atoms with van der Waals surface area (Å²) in [6.07, 6.45) is 4.18. The fourth-order valence-electron chi connectivity index (χ4n) is 4.53. The molecule has 178 valence electrons. The van der Waals surface area contributed by atoms with Gasteiger partial charge in [0.25, 0.3) is 5.91 Å².